The van der Waals surface area contributed by atoms with E-state index in [1.807, 2.05) is 38.3 Å². The highest BCUT2D eigenvalue weighted by molar-refractivity contribution is 5.67. The van der Waals surface area contributed by atoms with Gasteiger partial charge in [-0.3, -0.25) is 4.99 Å². The number of aliphatic imine (C=N–C) groups is 1. The molecule has 0 atom stereocenters. The van der Waals surface area contributed by atoms with Crippen molar-refractivity contribution in [2.24, 2.45) is 10.4 Å². The molecule has 0 amide bonds. The van der Waals surface area contributed by atoms with E-state index in [0.29, 0.717) is 0 Å². The van der Waals surface area contributed by atoms with Crippen LogP contribution in [0, 0.1) is 5.41 Å². The number of allylic oxidation sites excluding steroid dienone is 1. The molecular weight excluding hydrogens is 206 g/mol. The van der Waals surface area contributed by atoms with Gasteiger partial charge in [0.2, 0.25) is 0 Å². The third-order valence-electron chi connectivity index (χ3n) is 2.27. The lowest BCUT2D eigenvalue weighted by atomic mass is 9.95. The molecule has 0 aromatic heterocycles. The van der Waals surface area contributed by atoms with E-state index in [4.69, 9.17) is 0 Å². The Morgan fingerprint density at radius 2 is 1.88 bits per heavy atom. The van der Waals surface area contributed by atoms with Crippen LogP contribution in [-0.4, -0.2) is 6.21 Å². The molecule has 0 heterocycles. The van der Waals surface area contributed by atoms with Crippen molar-refractivity contribution in [1.82, 2.24) is 0 Å². The van der Waals surface area contributed by atoms with E-state index in [1.165, 1.54) is 11.1 Å². The lowest BCUT2D eigenvalue weighted by Gasteiger charge is -2.11. The number of hydrogen-bond donors (Lipinski definition) is 0. The fourth-order valence-corrected chi connectivity index (χ4v) is 1.34. The van der Waals surface area contributed by atoms with Gasteiger partial charge in [-0.1, -0.05) is 44.2 Å². The molecule has 0 saturated carbocycles. The number of rotatable bonds is 4. The number of hydrogen-bond acceptors (Lipinski definition) is 1. The van der Waals surface area contributed by atoms with Gasteiger partial charge < -0.3 is 0 Å². The summed E-state index contributed by atoms with van der Waals surface area (Å²) < 4.78 is 0. The molecule has 0 fully saturated rings. The highest BCUT2D eigenvalue weighted by atomic mass is 14.7. The van der Waals surface area contributed by atoms with Gasteiger partial charge in [0.05, 0.1) is 6.54 Å². The molecule has 0 aliphatic heterocycles. The normalized spacial score (nSPS) is 11.3. The molecule has 0 aliphatic rings. The molecule has 17 heavy (non-hydrogen) atoms. The Morgan fingerprint density at radius 3 is 2.47 bits per heavy atom. The Balaban J connectivity index is 2.62. The van der Waals surface area contributed by atoms with Gasteiger partial charge in [-0.05, 0) is 31.1 Å². The second kappa shape index (κ2) is 6.22. The first-order valence-electron chi connectivity index (χ1n) is 5.95. The Labute approximate surface area is 105 Å². The molecule has 1 heteroatoms. The van der Waals surface area contributed by atoms with Crippen molar-refractivity contribution in [2.75, 3.05) is 0 Å². The minimum Gasteiger partial charge on any atom is -0.292 e. The van der Waals surface area contributed by atoms with Crippen LogP contribution >= 0.6 is 0 Å². The van der Waals surface area contributed by atoms with Crippen molar-refractivity contribution in [2.45, 2.75) is 34.2 Å². The zero-order valence-corrected chi connectivity index (χ0v) is 11.2. The van der Waals surface area contributed by atoms with E-state index in [9.17, 15) is 0 Å². The molecule has 0 spiro atoms. The van der Waals surface area contributed by atoms with Crippen LogP contribution in [0.4, 0.5) is 0 Å². The minimum atomic E-state index is -0.0357. The van der Waals surface area contributed by atoms with Crippen LogP contribution in [0.15, 0.2) is 52.7 Å². The van der Waals surface area contributed by atoms with Crippen LogP contribution in [0.3, 0.4) is 0 Å². The maximum absolute atomic E-state index is 4.49. The number of benzene rings is 1. The molecule has 0 radical (unpaired) electrons. The first kappa shape index (κ1) is 13.5. The van der Waals surface area contributed by atoms with Gasteiger partial charge in [-0.15, -0.1) is 5.73 Å². The smallest absolute Gasteiger partial charge is 0.0636 e. The molecule has 0 N–H and O–H groups in total. The molecular formula is C16H21N. The summed E-state index contributed by atoms with van der Waals surface area (Å²) in [7, 11) is 0. The van der Waals surface area contributed by atoms with Crippen LogP contribution < -0.4 is 0 Å². The summed E-state index contributed by atoms with van der Waals surface area (Å²) in [4.78, 5) is 4.49. The maximum Gasteiger partial charge on any atom is 0.0636 e. The maximum atomic E-state index is 4.49. The van der Waals surface area contributed by atoms with Crippen molar-refractivity contribution in [3.05, 3.63) is 53.3 Å². The highest BCUT2D eigenvalue weighted by Crippen LogP contribution is 2.14. The average Bonchev–Trinajstić information content (AvgIpc) is 2.28. The SMILES string of the molecule is CC(C)=C=CC(C)(C)C=NCc1ccccc1. The van der Waals surface area contributed by atoms with Crippen molar-refractivity contribution in [3.8, 4) is 0 Å². The van der Waals surface area contributed by atoms with Crippen molar-refractivity contribution < 1.29 is 0 Å². The zero-order chi connectivity index (χ0) is 12.7. The molecule has 90 valence electrons. The van der Waals surface area contributed by atoms with Gasteiger partial charge in [0.1, 0.15) is 0 Å². The van der Waals surface area contributed by atoms with Crippen LogP contribution in [0.5, 0.6) is 0 Å². The summed E-state index contributed by atoms with van der Waals surface area (Å²) in [6.07, 6.45) is 4.06. The van der Waals surface area contributed by atoms with Crippen molar-refractivity contribution in [3.63, 3.8) is 0 Å². The number of nitrogens with zero attached hydrogens (tertiary/aromatic N) is 1. The quantitative estimate of drug-likeness (QED) is 0.534. The van der Waals surface area contributed by atoms with Gasteiger partial charge in [-0.25, -0.2) is 0 Å². The predicted octanol–water partition coefficient (Wildman–Crippen LogP) is 4.40. The Kier molecular flexibility index (Phi) is 4.93. The average molecular weight is 227 g/mol. The molecule has 0 aliphatic carbocycles. The van der Waals surface area contributed by atoms with E-state index in [2.05, 4.69) is 42.8 Å². The molecule has 0 bridgehead atoms. The topological polar surface area (TPSA) is 12.4 Å². The monoisotopic (exact) mass is 227 g/mol. The van der Waals surface area contributed by atoms with Crippen LogP contribution in [-0.2, 0) is 6.54 Å². The van der Waals surface area contributed by atoms with Crippen LogP contribution in [0.1, 0.15) is 33.3 Å². The van der Waals surface area contributed by atoms with E-state index in [0.717, 1.165) is 6.54 Å². The second-order valence-corrected chi connectivity index (χ2v) is 5.07. The molecule has 0 saturated heterocycles. The van der Waals surface area contributed by atoms with E-state index in [-0.39, 0.29) is 5.41 Å². The predicted molar refractivity (Wildman–Crippen MR) is 75.4 cm³/mol. The summed E-state index contributed by atoms with van der Waals surface area (Å²) in [5.41, 5.74) is 5.63. The Bertz CT molecular complexity index is 428. The lowest BCUT2D eigenvalue weighted by molar-refractivity contribution is 0.690. The first-order chi connectivity index (χ1) is 7.99. The second-order valence-electron chi connectivity index (χ2n) is 5.07. The fourth-order valence-electron chi connectivity index (χ4n) is 1.34. The summed E-state index contributed by atoms with van der Waals surface area (Å²) in [5.74, 6) is 0. The van der Waals surface area contributed by atoms with E-state index < -0.39 is 0 Å². The zero-order valence-electron chi connectivity index (χ0n) is 11.2. The summed E-state index contributed by atoms with van der Waals surface area (Å²) in [6, 6.07) is 10.3. The van der Waals surface area contributed by atoms with Crippen molar-refractivity contribution in [1.29, 1.82) is 0 Å². The molecule has 1 aromatic rings. The molecule has 0 unspecified atom stereocenters. The summed E-state index contributed by atoms with van der Waals surface area (Å²) >= 11 is 0. The summed E-state index contributed by atoms with van der Waals surface area (Å²) in [5, 5.41) is 0. The van der Waals surface area contributed by atoms with Crippen molar-refractivity contribution >= 4 is 6.21 Å². The first-order valence-corrected chi connectivity index (χ1v) is 5.95. The standard InChI is InChI=1S/C16H21N/c1-14(2)10-11-16(3,4)13-17-12-15-8-6-5-7-9-15/h5-9,11,13H,12H2,1-4H3. The fraction of sp³-hybridized carbons (Fsp3) is 0.375. The van der Waals surface area contributed by atoms with Gasteiger partial charge in [0.15, 0.2) is 0 Å². The van der Waals surface area contributed by atoms with E-state index in [1.54, 1.807) is 0 Å². The van der Waals surface area contributed by atoms with Gasteiger partial charge in [0, 0.05) is 11.6 Å². The summed E-state index contributed by atoms with van der Waals surface area (Å²) in [6.45, 7) is 9.11. The van der Waals surface area contributed by atoms with Gasteiger partial charge >= 0.3 is 0 Å². The lowest BCUT2D eigenvalue weighted by Crippen LogP contribution is -2.08. The Hall–Kier alpha value is -1.59. The molecule has 1 nitrogen and oxygen atoms in total. The van der Waals surface area contributed by atoms with Gasteiger partial charge in [0.25, 0.3) is 0 Å². The Morgan fingerprint density at radius 1 is 1.24 bits per heavy atom. The van der Waals surface area contributed by atoms with E-state index >= 15 is 0 Å². The van der Waals surface area contributed by atoms with Crippen LogP contribution in [0.25, 0.3) is 0 Å². The van der Waals surface area contributed by atoms with Gasteiger partial charge in [-0.2, -0.15) is 0 Å². The largest absolute Gasteiger partial charge is 0.292 e. The molecule has 1 rings (SSSR count). The highest BCUT2D eigenvalue weighted by Gasteiger charge is 2.09. The third kappa shape index (κ3) is 5.89. The molecule has 1 aromatic carbocycles. The van der Waals surface area contributed by atoms with Crippen LogP contribution in [0.2, 0.25) is 0 Å². The minimum absolute atomic E-state index is 0.0357. The third-order valence-corrected chi connectivity index (χ3v) is 2.27.